The molecule has 5 heteroatoms. The summed E-state index contributed by atoms with van der Waals surface area (Å²) < 4.78 is 0. The van der Waals surface area contributed by atoms with Gasteiger partial charge in [0.25, 0.3) is 0 Å². The van der Waals surface area contributed by atoms with E-state index in [-0.39, 0.29) is 23.1 Å². The van der Waals surface area contributed by atoms with Gasteiger partial charge in [-0.1, -0.05) is 6.07 Å². The van der Waals surface area contributed by atoms with Crippen LogP contribution in [0, 0.1) is 5.92 Å². The molecule has 25 heavy (non-hydrogen) atoms. The van der Waals surface area contributed by atoms with Crippen LogP contribution >= 0.6 is 0 Å². The topological polar surface area (TPSA) is 92.3 Å². The Labute approximate surface area is 148 Å². The molecular weight excluding hydrogens is 318 g/mol. The van der Waals surface area contributed by atoms with Crippen LogP contribution in [0.25, 0.3) is 0 Å². The molecule has 1 aromatic rings. The second-order valence-electron chi connectivity index (χ2n) is 8.47. The highest BCUT2D eigenvalue weighted by molar-refractivity contribution is 5.82. The first kappa shape index (κ1) is 17.0. The van der Waals surface area contributed by atoms with Gasteiger partial charge in [-0.25, -0.2) is 0 Å². The van der Waals surface area contributed by atoms with Crippen molar-refractivity contribution >= 4 is 5.78 Å². The Morgan fingerprint density at radius 1 is 1.24 bits per heavy atom. The number of ketones is 1. The van der Waals surface area contributed by atoms with E-state index >= 15 is 0 Å². The molecule has 3 fully saturated rings. The molecule has 136 valence electrons. The van der Waals surface area contributed by atoms with Crippen molar-refractivity contribution < 1.29 is 20.5 Å². The zero-order valence-corrected chi connectivity index (χ0v) is 14.5. The van der Waals surface area contributed by atoms with Crippen LogP contribution in [-0.4, -0.2) is 51.1 Å². The number of likely N-dealkylation sites (tertiary alicyclic amines) is 1. The maximum Gasteiger partial charge on any atom is 0.134 e. The van der Waals surface area contributed by atoms with E-state index in [1.54, 1.807) is 6.07 Å². The number of rotatable bonds is 2. The first-order valence-electron chi connectivity index (χ1n) is 9.32. The predicted octanol–water partition coefficient (Wildman–Crippen LogP) is 1.33. The molecule has 0 aromatic heterocycles. The highest BCUT2D eigenvalue weighted by Gasteiger charge is 2.64. The minimum atomic E-state index is -0.838. The SMILES string of the molecule is O.O=C1CC[C@@]2(O)[C@H]3Cc4ccc(O)cc4[C@@]2(CCN3CC2CC2)C1. The molecule has 0 spiro atoms. The van der Waals surface area contributed by atoms with Gasteiger partial charge in [0.2, 0.25) is 0 Å². The van der Waals surface area contributed by atoms with E-state index in [2.05, 4.69) is 4.90 Å². The highest BCUT2D eigenvalue weighted by Crippen LogP contribution is 2.58. The number of aromatic hydroxyl groups is 1. The van der Waals surface area contributed by atoms with Crippen LogP contribution in [0.5, 0.6) is 5.75 Å². The van der Waals surface area contributed by atoms with E-state index in [1.165, 1.54) is 18.4 Å². The molecule has 0 radical (unpaired) electrons. The van der Waals surface area contributed by atoms with Crippen LogP contribution in [0.15, 0.2) is 18.2 Å². The van der Waals surface area contributed by atoms with Gasteiger partial charge in [-0.05, 0) is 67.8 Å². The third kappa shape index (κ3) is 2.29. The van der Waals surface area contributed by atoms with Gasteiger partial charge >= 0.3 is 0 Å². The van der Waals surface area contributed by atoms with Crippen molar-refractivity contribution in [3.8, 4) is 5.75 Å². The van der Waals surface area contributed by atoms with Crippen molar-refractivity contribution in [2.45, 2.75) is 62.0 Å². The number of hydrogen-bond donors (Lipinski definition) is 2. The minimum absolute atomic E-state index is 0. The molecular formula is C20H27NO4. The summed E-state index contributed by atoms with van der Waals surface area (Å²) in [5, 5.41) is 21.9. The van der Waals surface area contributed by atoms with Gasteiger partial charge in [0.05, 0.1) is 5.60 Å². The summed E-state index contributed by atoms with van der Waals surface area (Å²) in [5.41, 5.74) is 0.895. The summed E-state index contributed by atoms with van der Waals surface area (Å²) in [5.74, 6) is 1.29. The van der Waals surface area contributed by atoms with E-state index in [9.17, 15) is 15.0 Å². The molecule has 1 saturated heterocycles. The Morgan fingerprint density at radius 3 is 2.80 bits per heavy atom. The predicted molar refractivity (Wildman–Crippen MR) is 93.6 cm³/mol. The maximum absolute atomic E-state index is 12.3. The number of fused-ring (bicyclic) bond motifs is 1. The number of hydrogen-bond acceptors (Lipinski definition) is 4. The second-order valence-corrected chi connectivity index (χ2v) is 8.47. The van der Waals surface area contributed by atoms with Gasteiger partial charge < -0.3 is 15.7 Å². The molecule has 0 unspecified atom stereocenters. The number of carbonyl (C=O) groups is 1. The molecule has 3 atom stereocenters. The monoisotopic (exact) mass is 345 g/mol. The molecule has 2 saturated carbocycles. The molecule has 1 aromatic carbocycles. The summed E-state index contributed by atoms with van der Waals surface area (Å²) >= 11 is 0. The Balaban J connectivity index is 0.00000157. The number of phenols is 1. The average Bonchev–Trinajstić information content (AvgIpc) is 3.36. The van der Waals surface area contributed by atoms with E-state index < -0.39 is 11.0 Å². The Kier molecular flexibility index (Phi) is 3.76. The molecule has 1 heterocycles. The van der Waals surface area contributed by atoms with Crippen molar-refractivity contribution in [1.29, 1.82) is 0 Å². The van der Waals surface area contributed by atoms with Crippen LogP contribution in [0.4, 0.5) is 0 Å². The summed E-state index contributed by atoms with van der Waals surface area (Å²) in [6.07, 6.45) is 5.75. The lowest BCUT2D eigenvalue weighted by molar-refractivity contribution is -0.173. The van der Waals surface area contributed by atoms with E-state index in [4.69, 9.17) is 0 Å². The first-order valence-corrected chi connectivity index (χ1v) is 9.32. The fraction of sp³-hybridized carbons (Fsp3) is 0.650. The fourth-order valence-corrected chi connectivity index (χ4v) is 5.74. The zero-order valence-electron chi connectivity index (χ0n) is 14.5. The molecule has 5 rings (SSSR count). The molecule has 2 bridgehead atoms. The summed E-state index contributed by atoms with van der Waals surface area (Å²) in [4.78, 5) is 14.8. The largest absolute Gasteiger partial charge is 0.508 e. The number of aliphatic hydroxyl groups is 1. The van der Waals surface area contributed by atoms with Crippen LogP contribution in [0.2, 0.25) is 0 Å². The number of Topliss-reactive ketones (excluding diaryl/α,β-unsaturated/α-hetero) is 1. The number of nitrogens with zero attached hydrogens (tertiary/aromatic N) is 1. The van der Waals surface area contributed by atoms with Gasteiger partial charge in [-0.3, -0.25) is 9.69 Å². The highest BCUT2D eigenvalue weighted by atomic mass is 16.3. The van der Waals surface area contributed by atoms with Crippen molar-refractivity contribution in [3.05, 3.63) is 29.3 Å². The van der Waals surface area contributed by atoms with Crippen molar-refractivity contribution in [3.63, 3.8) is 0 Å². The normalized spacial score (nSPS) is 37.0. The van der Waals surface area contributed by atoms with Gasteiger partial charge in [-0.2, -0.15) is 0 Å². The average molecular weight is 345 g/mol. The van der Waals surface area contributed by atoms with Crippen molar-refractivity contribution in [2.75, 3.05) is 13.1 Å². The quantitative estimate of drug-likeness (QED) is 0.846. The third-order valence-electron chi connectivity index (χ3n) is 7.14. The standard InChI is InChI=1S/C20H25NO3.H2O/c22-15-4-3-14-9-18-20(24)6-5-16(23)11-19(20,17(14)10-15)7-8-21(18)12-13-1-2-13;/h3-4,10,13,18,22,24H,1-2,5-9,11-12H2;1H2/t18-,19-,20-;/m1./s1. The van der Waals surface area contributed by atoms with Gasteiger partial charge in [-0.15, -0.1) is 0 Å². The lowest BCUT2D eigenvalue weighted by atomic mass is 9.49. The smallest absolute Gasteiger partial charge is 0.134 e. The van der Waals surface area contributed by atoms with E-state index in [0.717, 1.165) is 37.4 Å². The van der Waals surface area contributed by atoms with E-state index in [0.29, 0.717) is 19.3 Å². The summed E-state index contributed by atoms with van der Waals surface area (Å²) in [6.45, 7) is 2.04. The van der Waals surface area contributed by atoms with Gasteiger partial charge in [0.1, 0.15) is 11.5 Å². The third-order valence-corrected chi connectivity index (χ3v) is 7.14. The lowest BCUT2D eigenvalue weighted by Crippen LogP contribution is -2.73. The van der Waals surface area contributed by atoms with Crippen LogP contribution in [0.3, 0.4) is 0 Å². The Morgan fingerprint density at radius 2 is 2.04 bits per heavy atom. The van der Waals surface area contributed by atoms with Gasteiger partial charge in [0.15, 0.2) is 0 Å². The zero-order chi connectivity index (χ0) is 16.5. The van der Waals surface area contributed by atoms with Crippen LogP contribution < -0.4 is 0 Å². The molecule has 3 aliphatic carbocycles. The van der Waals surface area contributed by atoms with Crippen LogP contribution in [-0.2, 0) is 16.6 Å². The minimum Gasteiger partial charge on any atom is -0.508 e. The molecule has 4 N–H and O–H groups in total. The first-order chi connectivity index (χ1) is 11.5. The number of carbonyl (C=O) groups excluding carboxylic acids is 1. The molecule has 1 aliphatic heterocycles. The van der Waals surface area contributed by atoms with Crippen LogP contribution in [0.1, 0.15) is 49.7 Å². The molecule has 5 nitrogen and oxygen atoms in total. The van der Waals surface area contributed by atoms with Crippen molar-refractivity contribution in [1.82, 2.24) is 4.90 Å². The molecule has 4 aliphatic rings. The lowest BCUT2D eigenvalue weighted by Gasteiger charge is -2.63. The second kappa shape index (κ2) is 5.53. The number of benzene rings is 1. The Bertz CT molecular complexity index is 716. The summed E-state index contributed by atoms with van der Waals surface area (Å²) in [6, 6.07) is 5.66. The van der Waals surface area contributed by atoms with Crippen molar-refractivity contribution in [2.24, 2.45) is 5.92 Å². The Hall–Kier alpha value is -1.43. The fourth-order valence-electron chi connectivity index (χ4n) is 5.74. The number of phenolic OH excluding ortho intramolecular Hbond substituents is 1. The van der Waals surface area contributed by atoms with E-state index in [1.807, 2.05) is 12.1 Å². The summed E-state index contributed by atoms with van der Waals surface area (Å²) in [7, 11) is 0. The van der Waals surface area contributed by atoms with Gasteiger partial charge in [0, 0.05) is 30.8 Å². The molecule has 0 amide bonds. The maximum atomic E-state index is 12.3. The number of piperidine rings is 1.